The SMILES string of the molecule is COc1cccc(N=C([O-])c2cc3ccccc3c(N=Nc3c(C)ccc(Cl)c3S(=O)(=O)O)c2[O-])c1.COc1cccc(NC(=O)c2cc3ccccc3c(N=Nc3c(C)ccc(Cl)c3S(=O)(=O)O)c2O)c1.[Ba+2]. The summed E-state index contributed by atoms with van der Waals surface area (Å²) in [6.45, 7) is 3.11. The number of aromatic hydroxyl groups is 1. The molecule has 8 aromatic carbocycles. The number of carbonyl (C=O) groups excluding carboxylic acids is 1. The molecule has 0 heterocycles. The van der Waals surface area contributed by atoms with Crippen molar-refractivity contribution in [3.8, 4) is 23.0 Å². The van der Waals surface area contributed by atoms with Gasteiger partial charge in [-0.25, -0.2) is 0 Å². The van der Waals surface area contributed by atoms with Crippen molar-refractivity contribution < 1.29 is 55.5 Å². The summed E-state index contributed by atoms with van der Waals surface area (Å²) < 4.78 is 77.3. The third-order valence-corrected chi connectivity index (χ3v) is 13.4. The summed E-state index contributed by atoms with van der Waals surface area (Å²) in [7, 11) is -6.50. The minimum Gasteiger partial charge on any atom is -0.871 e. The number of phenolic OH excluding ortho intramolecular Hbond substituents is 1. The standard InChI is InChI=1S/2C25H20ClN3O6S.Ba/c2*1-14-10-11-20(26)24(36(32,33)34)21(14)28-29-22-18-9-4-3-6-15(18)12-19(23(22)30)25(31)27-16-7-5-8-17(13-16)35-2;/h2*3-13,30H,1-2H3,(H,27,31)(H,32,33,34);/q;;+2/p-2. The van der Waals surface area contributed by atoms with Crippen molar-refractivity contribution in [2.45, 2.75) is 23.6 Å². The van der Waals surface area contributed by atoms with Gasteiger partial charge >= 0.3 is 48.9 Å². The number of carbonyl (C=O) groups is 1. The number of azo groups is 2. The molecule has 0 fully saturated rings. The molecule has 0 saturated heterocycles. The van der Waals surface area contributed by atoms with E-state index < -0.39 is 53.3 Å². The second kappa shape index (κ2) is 23.6. The van der Waals surface area contributed by atoms with Crippen molar-refractivity contribution in [1.82, 2.24) is 0 Å². The maximum absolute atomic E-state index is 13.3. The molecule has 0 bridgehead atoms. The zero-order chi connectivity index (χ0) is 52.1. The molecule has 73 heavy (non-hydrogen) atoms. The quantitative estimate of drug-likeness (QED) is 0.0292. The molecule has 4 N–H and O–H groups in total. The van der Waals surface area contributed by atoms with Crippen molar-refractivity contribution in [2.75, 3.05) is 19.5 Å². The van der Waals surface area contributed by atoms with E-state index in [0.717, 1.165) is 0 Å². The van der Waals surface area contributed by atoms with Crippen LogP contribution >= 0.6 is 23.2 Å². The Labute approximate surface area is 468 Å². The number of amides is 1. The number of benzene rings is 8. The predicted molar refractivity (Wildman–Crippen MR) is 275 cm³/mol. The van der Waals surface area contributed by atoms with Crippen LogP contribution in [0.2, 0.25) is 10.0 Å². The molecule has 0 aromatic heterocycles. The minimum absolute atomic E-state index is 0. The summed E-state index contributed by atoms with van der Waals surface area (Å²) in [6.07, 6.45) is 0. The summed E-state index contributed by atoms with van der Waals surface area (Å²) in [4.78, 5) is 15.8. The Morgan fingerprint density at radius 3 is 1.60 bits per heavy atom. The normalized spacial score (nSPS) is 11.9. The van der Waals surface area contributed by atoms with Gasteiger partial charge in [0, 0.05) is 28.6 Å². The van der Waals surface area contributed by atoms with Crippen LogP contribution in [0.5, 0.6) is 23.0 Å². The van der Waals surface area contributed by atoms with E-state index in [2.05, 4.69) is 30.8 Å². The van der Waals surface area contributed by atoms with E-state index in [0.29, 0.717) is 55.5 Å². The molecule has 0 unspecified atom stereocenters. The first-order valence-corrected chi connectivity index (χ1v) is 24.5. The minimum atomic E-state index is -4.75. The van der Waals surface area contributed by atoms with E-state index in [1.54, 1.807) is 111 Å². The molecule has 0 saturated carbocycles. The first kappa shape index (κ1) is 55.9. The van der Waals surface area contributed by atoms with Crippen LogP contribution in [0.25, 0.3) is 21.5 Å². The third kappa shape index (κ3) is 12.9. The molecule has 18 nitrogen and oxygen atoms in total. The maximum Gasteiger partial charge on any atom is 2.00 e. The Balaban J connectivity index is 0.000000235. The number of halogens is 2. The number of nitrogens with one attached hydrogen (secondary N) is 1. The van der Waals surface area contributed by atoms with E-state index in [4.69, 9.17) is 32.7 Å². The number of aliphatic imine (C=N–C) groups is 1. The van der Waals surface area contributed by atoms with Gasteiger partial charge in [0.05, 0.1) is 41.2 Å². The van der Waals surface area contributed by atoms with Crippen molar-refractivity contribution in [3.05, 3.63) is 166 Å². The molecule has 0 aliphatic heterocycles. The number of phenols is 1. The van der Waals surface area contributed by atoms with Crippen LogP contribution in [-0.4, -0.2) is 106 Å². The van der Waals surface area contributed by atoms with E-state index in [-0.39, 0.29) is 92.8 Å². The Morgan fingerprint density at radius 2 is 1.07 bits per heavy atom. The summed E-state index contributed by atoms with van der Waals surface area (Å²) >= 11 is 12.0. The van der Waals surface area contributed by atoms with Crippen molar-refractivity contribution in [1.29, 1.82) is 0 Å². The fourth-order valence-electron chi connectivity index (χ4n) is 7.15. The van der Waals surface area contributed by atoms with Crippen LogP contribution in [0.1, 0.15) is 27.0 Å². The van der Waals surface area contributed by atoms with E-state index in [1.165, 1.54) is 50.6 Å². The van der Waals surface area contributed by atoms with Gasteiger partial charge in [-0.1, -0.05) is 102 Å². The van der Waals surface area contributed by atoms with Crippen molar-refractivity contribution in [2.24, 2.45) is 25.4 Å². The Kier molecular flexibility index (Phi) is 18.1. The molecule has 0 atom stereocenters. The van der Waals surface area contributed by atoms with Crippen LogP contribution in [-0.2, 0) is 20.2 Å². The third-order valence-electron chi connectivity index (χ3n) is 10.6. The number of aryl methyl sites for hydroxylation is 2. The number of ether oxygens (including phenoxy) is 2. The molecule has 0 spiro atoms. The fraction of sp³-hybridized carbons (Fsp3) is 0.0800. The Morgan fingerprint density at radius 1 is 0.603 bits per heavy atom. The number of anilines is 1. The number of hydrogen-bond donors (Lipinski definition) is 4. The summed E-state index contributed by atoms with van der Waals surface area (Å²) in [5.41, 5.74) is 0.434. The van der Waals surface area contributed by atoms with Crippen LogP contribution in [0, 0.1) is 13.8 Å². The molecular weight excluding hydrogens is 1150 g/mol. The van der Waals surface area contributed by atoms with E-state index in [9.17, 15) is 46.1 Å². The van der Waals surface area contributed by atoms with Gasteiger partial charge in [0.1, 0.15) is 38.4 Å². The number of fused-ring (bicyclic) bond motifs is 2. The molecule has 368 valence electrons. The predicted octanol–water partition coefficient (Wildman–Crippen LogP) is 11.0. The molecule has 1 amide bonds. The van der Waals surface area contributed by atoms with Gasteiger partial charge in [0.25, 0.3) is 26.1 Å². The first-order valence-electron chi connectivity index (χ1n) is 20.9. The molecular formula is C50H38BaCl2N6O12S2. The largest absolute Gasteiger partial charge is 2.00 e. The second-order valence-corrected chi connectivity index (χ2v) is 18.9. The van der Waals surface area contributed by atoms with Crippen LogP contribution in [0.3, 0.4) is 0 Å². The van der Waals surface area contributed by atoms with Crippen LogP contribution in [0.4, 0.5) is 34.1 Å². The van der Waals surface area contributed by atoms with Gasteiger partial charge in [0.15, 0.2) is 5.75 Å². The average molecular weight is 1190 g/mol. The van der Waals surface area contributed by atoms with Crippen LogP contribution < -0.4 is 25.0 Å². The Hall–Kier alpha value is -6.41. The van der Waals surface area contributed by atoms with Gasteiger partial charge in [0.2, 0.25) is 0 Å². The molecule has 23 heteroatoms. The number of rotatable bonds is 12. The molecule has 0 radical (unpaired) electrons. The first-order chi connectivity index (χ1) is 34.2. The summed E-state index contributed by atoms with van der Waals surface area (Å²) in [6, 6.07) is 35.3. The number of nitrogens with zero attached hydrogens (tertiary/aromatic N) is 5. The van der Waals surface area contributed by atoms with Gasteiger partial charge in [-0.3, -0.25) is 18.9 Å². The summed E-state index contributed by atoms with van der Waals surface area (Å²) in [5, 5.41) is 57.6. The second-order valence-electron chi connectivity index (χ2n) is 15.4. The van der Waals surface area contributed by atoms with Gasteiger partial charge in [-0.2, -0.15) is 21.9 Å². The van der Waals surface area contributed by atoms with Gasteiger partial charge in [-0.05, 0) is 95.7 Å². The van der Waals surface area contributed by atoms with E-state index >= 15 is 0 Å². The maximum atomic E-state index is 13.3. The molecule has 0 aliphatic carbocycles. The summed E-state index contributed by atoms with van der Waals surface area (Å²) in [5.74, 6) is -1.59. The fourth-order valence-corrected chi connectivity index (χ4v) is 9.56. The van der Waals surface area contributed by atoms with Gasteiger partial charge in [-0.15, -0.1) is 15.3 Å². The molecule has 0 aliphatic rings. The average Bonchev–Trinajstić information content (AvgIpc) is 3.34. The van der Waals surface area contributed by atoms with Crippen molar-refractivity contribution in [3.63, 3.8) is 0 Å². The van der Waals surface area contributed by atoms with Crippen LogP contribution in [0.15, 0.2) is 169 Å². The van der Waals surface area contributed by atoms with E-state index in [1.807, 2.05) is 0 Å². The topological polar surface area (TPSA) is 284 Å². The number of methoxy groups -OCH3 is 2. The monoisotopic (exact) mass is 1190 g/mol. The smallest absolute Gasteiger partial charge is 0.871 e. The molecule has 8 aromatic rings. The molecule has 8 rings (SSSR count). The zero-order valence-corrected chi connectivity index (χ0v) is 46.3. The Bertz CT molecular complexity index is 3790. The zero-order valence-electron chi connectivity index (χ0n) is 38.7. The van der Waals surface area contributed by atoms with Gasteiger partial charge < -0.3 is 30.1 Å². The van der Waals surface area contributed by atoms with Crippen molar-refractivity contribution >= 4 is 160 Å². The number of hydrogen-bond acceptors (Lipinski definition) is 15.